The molecule has 1 fully saturated rings. The number of hydrogen-bond donors (Lipinski definition) is 1. The molecule has 1 aliphatic heterocycles. The van der Waals surface area contributed by atoms with Crippen LogP contribution in [0.4, 0.5) is 14.9 Å². The first-order valence-electron chi connectivity index (χ1n) is 7.33. The normalized spacial score (nSPS) is 17.5. The Kier molecular flexibility index (Phi) is 3.50. The van der Waals surface area contributed by atoms with Crippen molar-refractivity contribution in [1.82, 2.24) is 10.3 Å². The molecule has 3 heterocycles. The predicted octanol–water partition coefficient (Wildman–Crippen LogP) is 3.10. The summed E-state index contributed by atoms with van der Waals surface area (Å²) in [6.45, 7) is 0. The van der Waals surface area contributed by atoms with E-state index in [1.54, 1.807) is 11.3 Å². The molecule has 1 saturated heterocycles. The van der Waals surface area contributed by atoms with Crippen molar-refractivity contribution >= 4 is 39.0 Å². The van der Waals surface area contributed by atoms with Gasteiger partial charge in [0.1, 0.15) is 11.9 Å². The molecule has 0 saturated carbocycles. The second-order valence-electron chi connectivity index (χ2n) is 5.50. The number of carbonyl (C=O) groups is 2. The van der Waals surface area contributed by atoms with E-state index in [2.05, 4.69) is 10.3 Å². The lowest BCUT2D eigenvalue weighted by Gasteiger charge is -2.12. The second kappa shape index (κ2) is 5.68. The molecule has 5 nitrogen and oxygen atoms in total. The molecule has 1 aromatic carbocycles. The molecule has 24 heavy (non-hydrogen) atoms. The largest absolute Gasteiger partial charge is 0.329 e. The number of fused-ring (bicyclic) bond motifs is 1. The Morgan fingerprint density at radius 2 is 2.08 bits per heavy atom. The van der Waals surface area contributed by atoms with Gasteiger partial charge in [0.25, 0.3) is 5.91 Å². The monoisotopic (exact) mass is 341 g/mol. The number of urea groups is 1. The molecule has 2 aromatic heterocycles. The summed E-state index contributed by atoms with van der Waals surface area (Å²) in [5.74, 6) is -0.997. The van der Waals surface area contributed by atoms with E-state index >= 15 is 0 Å². The van der Waals surface area contributed by atoms with Gasteiger partial charge in [0.15, 0.2) is 0 Å². The van der Waals surface area contributed by atoms with Gasteiger partial charge in [-0.05, 0) is 22.4 Å². The lowest BCUT2D eigenvalue weighted by molar-refractivity contribution is -0.118. The van der Waals surface area contributed by atoms with E-state index < -0.39 is 23.8 Å². The number of benzene rings is 1. The molecule has 0 radical (unpaired) electrons. The summed E-state index contributed by atoms with van der Waals surface area (Å²) in [6.07, 6.45) is 2.72. The first-order chi connectivity index (χ1) is 11.6. The van der Waals surface area contributed by atoms with Crippen LogP contribution in [0.5, 0.6) is 0 Å². The highest BCUT2D eigenvalue weighted by atomic mass is 32.1. The van der Waals surface area contributed by atoms with Gasteiger partial charge < -0.3 is 5.32 Å². The van der Waals surface area contributed by atoms with Crippen LogP contribution in [0.2, 0.25) is 0 Å². The molecule has 7 heteroatoms. The van der Waals surface area contributed by atoms with Crippen molar-refractivity contribution in [3.05, 3.63) is 59.5 Å². The quantitative estimate of drug-likeness (QED) is 0.745. The highest BCUT2D eigenvalue weighted by Gasteiger charge is 2.39. The number of imide groups is 1. The number of anilines is 1. The van der Waals surface area contributed by atoms with Crippen molar-refractivity contribution < 1.29 is 14.0 Å². The minimum atomic E-state index is -0.668. The lowest BCUT2D eigenvalue weighted by atomic mass is 10.1. The Balaban J connectivity index is 1.62. The summed E-state index contributed by atoms with van der Waals surface area (Å²) in [6, 6.07) is 7.81. The average molecular weight is 341 g/mol. The van der Waals surface area contributed by atoms with Crippen molar-refractivity contribution in [2.24, 2.45) is 0 Å². The van der Waals surface area contributed by atoms with E-state index in [-0.39, 0.29) is 5.69 Å². The standard InChI is InChI=1S/C17H12FN3O2S/c18-11-6-12(8-19-7-11)21-16(22)14(20-17(21)23)5-10-9-24-15-4-2-1-3-13(10)15/h1-4,6-9,14H,5H2,(H,20,23). The van der Waals surface area contributed by atoms with Gasteiger partial charge in [0.2, 0.25) is 0 Å². The minimum Gasteiger partial charge on any atom is -0.325 e. The van der Waals surface area contributed by atoms with Crippen molar-refractivity contribution in [1.29, 1.82) is 0 Å². The zero-order valence-corrected chi connectivity index (χ0v) is 13.2. The summed E-state index contributed by atoms with van der Waals surface area (Å²) in [5, 5.41) is 5.74. The number of nitrogens with zero attached hydrogens (tertiary/aromatic N) is 2. The predicted molar refractivity (Wildman–Crippen MR) is 89.5 cm³/mol. The maximum atomic E-state index is 13.3. The van der Waals surface area contributed by atoms with E-state index in [1.807, 2.05) is 29.6 Å². The topological polar surface area (TPSA) is 62.3 Å². The van der Waals surface area contributed by atoms with Crippen molar-refractivity contribution in [2.75, 3.05) is 4.90 Å². The van der Waals surface area contributed by atoms with Gasteiger partial charge in [-0.2, -0.15) is 0 Å². The van der Waals surface area contributed by atoms with Gasteiger partial charge >= 0.3 is 6.03 Å². The van der Waals surface area contributed by atoms with Crippen molar-refractivity contribution in [3.8, 4) is 0 Å². The maximum Gasteiger partial charge on any atom is 0.329 e. The second-order valence-corrected chi connectivity index (χ2v) is 6.41. The number of aromatic nitrogens is 1. The molecule has 1 atom stereocenters. The van der Waals surface area contributed by atoms with Crippen LogP contribution in [0.1, 0.15) is 5.56 Å². The molecule has 3 aromatic rings. The first-order valence-corrected chi connectivity index (χ1v) is 8.21. The van der Waals surface area contributed by atoms with Gasteiger partial charge in [-0.25, -0.2) is 14.1 Å². The molecular formula is C17H12FN3O2S. The van der Waals surface area contributed by atoms with Gasteiger partial charge in [0, 0.05) is 17.2 Å². The number of thiophene rings is 1. The van der Waals surface area contributed by atoms with Crippen LogP contribution in [0.3, 0.4) is 0 Å². The molecule has 1 N–H and O–H groups in total. The Morgan fingerprint density at radius 3 is 2.92 bits per heavy atom. The number of hydrogen-bond acceptors (Lipinski definition) is 4. The van der Waals surface area contributed by atoms with Crippen LogP contribution in [0.15, 0.2) is 48.1 Å². The zero-order valence-electron chi connectivity index (χ0n) is 12.4. The summed E-state index contributed by atoms with van der Waals surface area (Å²) in [5.41, 5.74) is 1.14. The molecule has 0 bridgehead atoms. The van der Waals surface area contributed by atoms with Crippen molar-refractivity contribution in [2.45, 2.75) is 12.5 Å². The van der Waals surface area contributed by atoms with Crippen LogP contribution in [-0.2, 0) is 11.2 Å². The fourth-order valence-corrected chi connectivity index (χ4v) is 3.82. The van der Waals surface area contributed by atoms with E-state index in [9.17, 15) is 14.0 Å². The molecule has 1 aliphatic rings. The van der Waals surface area contributed by atoms with E-state index in [0.29, 0.717) is 6.42 Å². The molecule has 0 spiro atoms. The third-order valence-electron chi connectivity index (χ3n) is 3.95. The third kappa shape index (κ3) is 2.43. The fourth-order valence-electron chi connectivity index (χ4n) is 2.85. The van der Waals surface area contributed by atoms with E-state index in [1.165, 1.54) is 6.20 Å². The molecular weight excluding hydrogens is 329 g/mol. The number of amides is 3. The fraction of sp³-hybridized carbons (Fsp3) is 0.118. The summed E-state index contributed by atoms with van der Waals surface area (Å²) < 4.78 is 14.5. The van der Waals surface area contributed by atoms with Crippen LogP contribution in [0.25, 0.3) is 10.1 Å². The highest BCUT2D eigenvalue weighted by Crippen LogP contribution is 2.28. The average Bonchev–Trinajstić information content (AvgIpc) is 3.09. The SMILES string of the molecule is O=C1NC(Cc2csc3ccccc23)C(=O)N1c1cncc(F)c1. The Morgan fingerprint density at radius 1 is 1.25 bits per heavy atom. The van der Waals surface area contributed by atoms with Gasteiger partial charge in [-0.15, -0.1) is 11.3 Å². The van der Waals surface area contributed by atoms with Crippen molar-refractivity contribution in [3.63, 3.8) is 0 Å². The van der Waals surface area contributed by atoms with E-state index in [4.69, 9.17) is 0 Å². The third-order valence-corrected chi connectivity index (χ3v) is 4.97. The summed E-state index contributed by atoms with van der Waals surface area (Å²) in [4.78, 5) is 29.4. The number of pyridine rings is 1. The lowest BCUT2D eigenvalue weighted by Crippen LogP contribution is -2.32. The van der Waals surface area contributed by atoms with E-state index in [0.717, 1.165) is 32.8 Å². The van der Waals surface area contributed by atoms with Crippen LogP contribution < -0.4 is 10.2 Å². The molecule has 4 rings (SSSR count). The first kappa shape index (κ1) is 14.8. The number of halogens is 1. The van der Waals surface area contributed by atoms with Gasteiger partial charge in [0.05, 0.1) is 18.1 Å². The maximum absolute atomic E-state index is 13.3. The highest BCUT2D eigenvalue weighted by molar-refractivity contribution is 7.17. The molecule has 0 aliphatic carbocycles. The summed E-state index contributed by atoms with van der Waals surface area (Å²) >= 11 is 1.60. The Hall–Kier alpha value is -2.80. The van der Waals surface area contributed by atoms with Gasteiger partial charge in [-0.1, -0.05) is 18.2 Å². The van der Waals surface area contributed by atoms with Crippen LogP contribution in [0, 0.1) is 5.82 Å². The van der Waals surface area contributed by atoms with Crippen LogP contribution >= 0.6 is 11.3 Å². The Bertz CT molecular complexity index is 956. The smallest absolute Gasteiger partial charge is 0.325 e. The minimum absolute atomic E-state index is 0.134. The number of carbonyl (C=O) groups excluding carboxylic acids is 2. The molecule has 3 amide bonds. The van der Waals surface area contributed by atoms with Gasteiger partial charge in [-0.3, -0.25) is 9.78 Å². The number of nitrogens with one attached hydrogen (secondary N) is 1. The molecule has 1 unspecified atom stereocenters. The zero-order chi connectivity index (χ0) is 16.7. The Labute approximate surface area is 140 Å². The molecule has 120 valence electrons. The summed E-state index contributed by atoms with van der Waals surface area (Å²) in [7, 11) is 0. The van der Waals surface area contributed by atoms with Crippen LogP contribution in [-0.4, -0.2) is 23.0 Å². The number of rotatable bonds is 3.